The standard InChI is InChI=1S/C19H16N6/c20-19-22-11-16-18(24-19)25(13-6-7-13)17(23-16)14-8-9-21-10-15(14)12-4-2-1-3-5-12/h1-5,8-11,13H,6-7H2,(H2,20,22,24). The van der Waals surface area contributed by atoms with Gasteiger partial charge in [0.15, 0.2) is 5.65 Å². The van der Waals surface area contributed by atoms with Gasteiger partial charge >= 0.3 is 0 Å². The van der Waals surface area contributed by atoms with Crippen molar-refractivity contribution in [1.82, 2.24) is 24.5 Å². The second-order valence-corrected chi connectivity index (χ2v) is 6.26. The highest BCUT2D eigenvalue weighted by Crippen LogP contribution is 2.42. The van der Waals surface area contributed by atoms with E-state index in [4.69, 9.17) is 10.7 Å². The summed E-state index contributed by atoms with van der Waals surface area (Å²) in [5.74, 6) is 1.18. The number of pyridine rings is 1. The van der Waals surface area contributed by atoms with Gasteiger partial charge in [-0.2, -0.15) is 4.98 Å². The lowest BCUT2D eigenvalue weighted by Crippen LogP contribution is -2.02. The van der Waals surface area contributed by atoms with Crippen molar-refractivity contribution in [1.29, 1.82) is 0 Å². The van der Waals surface area contributed by atoms with Crippen LogP contribution >= 0.6 is 0 Å². The minimum atomic E-state index is 0.277. The van der Waals surface area contributed by atoms with Gasteiger partial charge in [-0.3, -0.25) is 4.98 Å². The first-order chi connectivity index (χ1) is 12.3. The molecule has 0 saturated heterocycles. The molecule has 1 aliphatic carbocycles. The molecule has 6 heteroatoms. The summed E-state index contributed by atoms with van der Waals surface area (Å²) >= 11 is 0. The van der Waals surface area contributed by atoms with Crippen LogP contribution in [-0.4, -0.2) is 24.5 Å². The zero-order chi connectivity index (χ0) is 16.8. The quantitative estimate of drug-likeness (QED) is 0.622. The van der Waals surface area contributed by atoms with Crippen LogP contribution in [0.2, 0.25) is 0 Å². The van der Waals surface area contributed by atoms with Crippen LogP contribution in [0.25, 0.3) is 33.7 Å². The third-order valence-electron chi connectivity index (χ3n) is 4.51. The number of anilines is 1. The third kappa shape index (κ3) is 2.34. The molecule has 0 radical (unpaired) electrons. The fourth-order valence-electron chi connectivity index (χ4n) is 3.21. The molecule has 3 heterocycles. The molecule has 3 aromatic heterocycles. The summed E-state index contributed by atoms with van der Waals surface area (Å²) in [7, 11) is 0. The van der Waals surface area contributed by atoms with E-state index in [-0.39, 0.29) is 5.95 Å². The van der Waals surface area contributed by atoms with Gasteiger partial charge in [-0.05, 0) is 24.5 Å². The van der Waals surface area contributed by atoms with Crippen LogP contribution < -0.4 is 5.73 Å². The van der Waals surface area contributed by atoms with Crippen molar-refractivity contribution in [3.05, 3.63) is 55.0 Å². The Labute approximate surface area is 144 Å². The van der Waals surface area contributed by atoms with E-state index in [1.165, 1.54) is 0 Å². The molecular weight excluding hydrogens is 312 g/mol. The summed E-state index contributed by atoms with van der Waals surface area (Å²) in [6, 6.07) is 12.7. The molecule has 1 aromatic carbocycles. The fourth-order valence-corrected chi connectivity index (χ4v) is 3.21. The highest BCUT2D eigenvalue weighted by molar-refractivity contribution is 5.85. The molecule has 1 fully saturated rings. The van der Waals surface area contributed by atoms with Gasteiger partial charge < -0.3 is 10.3 Å². The van der Waals surface area contributed by atoms with Crippen molar-refractivity contribution >= 4 is 17.1 Å². The van der Waals surface area contributed by atoms with Gasteiger partial charge in [-0.15, -0.1) is 0 Å². The number of hydrogen-bond acceptors (Lipinski definition) is 5. The van der Waals surface area contributed by atoms with Crippen LogP contribution in [0.4, 0.5) is 5.95 Å². The molecule has 0 aliphatic heterocycles. The molecule has 4 aromatic rings. The van der Waals surface area contributed by atoms with Crippen molar-refractivity contribution < 1.29 is 0 Å². The van der Waals surface area contributed by atoms with E-state index in [2.05, 4.69) is 31.7 Å². The summed E-state index contributed by atoms with van der Waals surface area (Å²) in [6.45, 7) is 0. The summed E-state index contributed by atoms with van der Waals surface area (Å²) < 4.78 is 2.20. The topological polar surface area (TPSA) is 82.5 Å². The van der Waals surface area contributed by atoms with Crippen molar-refractivity contribution in [2.45, 2.75) is 18.9 Å². The summed E-state index contributed by atoms with van der Waals surface area (Å²) in [5.41, 5.74) is 10.6. The van der Waals surface area contributed by atoms with Crippen molar-refractivity contribution in [2.75, 3.05) is 5.73 Å². The monoisotopic (exact) mass is 328 g/mol. The Morgan fingerprint density at radius 3 is 2.60 bits per heavy atom. The van der Waals surface area contributed by atoms with Crippen LogP contribution in [0.1, 0.15) is 18.9 Å². The van der Waals surface area contributed by atoms with E-state index in [0.717, 1.165) is 46.5 Å². The Hall–Kier alpha value is -3.28. The third-order valence-corrected chi connectivity index (χ3v) is 4.51. The average Bonchev–Trinajstić information content (AvgIpc) is 3.43. The normalized spacial score (nSPS) is 14.1. The predicted octanol–water partition coefficient (Wildman–Crippen LogP) is 3.47. The minimum absolute atomic E-state index is 0.277. The molecule has 5 rings (SSSR count). The van der Waals surface area contributed by atoms with Crippen molar-refractivity contribution in [2.24, 2.45) is 0 Å². The molecule has 122 valence electrons. The molecule has 25 heavy (non-hydrogen) atoms. The maximum Gasteiger partial charge on any atom is 0.222 e. The first-order valence-electron chi connectivity index (χ1n) is 8.31. The number of nitrogens with two attached hydrogens (primary N) is 1. The summed E-state index contributed by atoms with van der Waals surface area (Å²) in [6.07, 6.45) is 7.66. The Morgan fingerprint density at radius 2 is 1.80 bits per heavy atom. The number of hydrogen-bond donors (Lipinski definition) is 1. The van der Waals surface area contributed by atoms with Gasteiger partial charge in [-0.1, -0.05) is 30.3 Å². The molecule has 1 saturated carbocycles. The van der Waals surface area contributed by atoms with E-state index >= 15 is 0 Å². The van der Waals surface area contributed by atoms with Gasteiger partial charge in [-0.25, -0.2) is 9.97 Å². The first-order valence-corrected chi connectivity index (χ1v) is 8.31. The maximum absolute atomic E-state index is 5.81. The van der Waals surface area contributed by atoms with E-state index in [9.17, 15) is 0 Å². The van der Waals surface area contributed by atoms with Gasteiger partial charge in [0.05, 0.1) is 6.20 Å². The number of rotatable bonds is 3. The smallest absolute Gasteiger partial charge is 0.222 e. The highest BCUT2D eigenvalue weighted by atomic mass is 15.2. The van der Waals surface area contributed by atoms with Crippen LogP contribution in [0.5, 0.6) is 0 Å². The van der Waals surface area contributed by atoms with E-state index in [1.54, 1.807) is 12.4 Å². The zero-order valence-electron chi connectivity index (χ0n) is 13.5. The number of nitrogens with zero attached hydrogens (tertiary/aromatic N) is 5. The number of aromatic nitrogens is 5. The Kier molecular flexibility index (Phi) is 3.03. The molecule has 0 spiro atoms. The van der Waals surface area contributed by atoms with Gasteiger partial charge in [0.25, 0.3) is 0 Å². The van der Waals surface area contributed by atoms with Gasteiger partial charge in [0.1, 0.15) is 11.3 Å². The lowest BCUT2D eigenvalue weighted by Gasteiger charge is -2.11. The Bertz CT molecular complexity index is 1070. The molecular formula is C19H16N6. The number of benzene rings is 1. The highest BCUT2D eigenvalue weighted by Gasteiger charge is 2.30. The number of nitrogen functional groups attached to an aromatic ring is 1. The molecule has 2 N–H and O–H groups in total. The van der Waals surface area contributed by atoms with Crippen LogP contribution in [0.15, 0.2) is 55.0 Å². The molecule has 1 aliphatic rings. The van der Waals surface area contributed by atoms with E-state index < -0.39 is 0 Å². The molecule has 0 amide bonds. The van der Waals surface area contributed by atoms with Gasteiger partial charge in [0, 0.05) is 29.6 Å². The molecule has 0 bridgehead atoms. The average molecular weight is 328 g/mol. The maximum atomic E-state index is 5.81. The molecule has 0 unspecified atom stereocenters. The van der Waals surface area contributed by atoms with Gasteiger partial charge in [0.2, 0.25) is 5.95 Å². The fraction of sp³-hybridized carbons (Fsp3) is 0.158. The number of fused-ring (bicyclic) bond motifs is 1. The van der Waals surface area contributed by atoms with E-state index in [0.29, 0.717) is 6.04 Å². The van der Waals surface area contributed by atoms with Crippen molar-refractivity contribution in [3.8, 4) is 22.5 Å². The zero-order valence-corrected chi connectivity index (χ0v) is 13.5. The minimum Gasteiger partial charge on any atom is -0.368 e. The Morgan fingerprint density at radius 1 is 0.960 bits per heavy atom. The van der Waals surface area contributed by atoms with Crippen molar-refractivity contribution in [3.63, 3.8) is 0 Å². The van der Waals surface area contributed by atoms with E-state index in [1.807, 2.05) is 30.5 Å². The van der Waals surface area contributed by atoms with Crippen LogP contribution in [0, 0.1) is 0 Å². The second-order valence-electron chi connectivity index (χ2n) is 6.26. The summed E-state index contributed by atoms with van der Waals surface area (Å²) in [5, 5.41) is 0. The molecule has 6 nitrogen and oxygen atoms in total. The summed E-state index contributed by atoms with van der Waals surface area (Å²) in [4.78, 5) is 17.7. The SMILES string of the molecule is Nc1ncc2nc(-c3ccncc3-c3ccccc3)n(C3CC3)c2n1. The predicted molar refractivity (Wildman–Crippen MR) is 96.7 cm³/mol. The number of imidazole rings is 1. The Balaban J connectivity index is 1.79. The van der Waals surface area contributed by atoms with Crippen LogP contribution in [0.3, 0.4) is 0 Å². The second kappa shape index (κ2) is 5.37. The first kappa shape index (κ1) is 14.1. The molecule has 0 atom stereocenters. The van der Waals surface area contributed by atoms with Crippen LogP contribution in [-0.2, 0) is 0 Å². The lowest BCUT2D eigenvalue weighted by atomic mass is 10.0. The lowest BCUT2D eigenvalue weighted by molar-refractivity contribution is 0.766. The largest absolute Gasteiger partial charge is 0.368 e.